The summed E-state index contributed by atoms with van der Waals surface area (Å²) in [5.74, 6) is 0.578. The number of fused-ring (bicyclic) bond motifs is 1. The van der Waals surface area contributed by atoms with Gasteiger partial charge in [0.25, 0.3) is 0 Å². The Kier molecular flexibility index (Phi) is 5.05. The van der Waals surface area contributed by atoms with Gasteiger partial charge in [0, 0.05) is 10.5 Å². The van der Waals surface area contributed by atoms with Crippen LogP contribution in [0.1, 0.15) is 45.2 Å². The Balaban J connectivity index is 2.51. The maximum Gasteiger partial charge on any atom is 0.323 e. The Morgan fingerprint density at radius 2 is 1.75 bits per heavy atom. The largest absolute Gasteiger partial charge is 0.323 e. The van der Waals surface area contributed by atoms with Crippen LogP contribution in [-0.2, 0) is 0 Å². The number of hydrogen-bond donors (Lipinski definition) is 3. The van der Waals surface area contributed by atoms with Gasteiger partial charge in [-0.2, -0.15) is 0 Å². The van der Waals surface area contributed by atoms with Crippen LogP contribution in [0.15, 0.2) is 21.4 Å². The number of hydrogen-bond acceptors (Lipinski definition) is 2. The van der Waals surface area contributed by atoms with E-state index in [9.17, 15) is 4.79 Å². The lowest BCUT2D eigenvalue weighted by molar-refractivity contribution is 0.346. The fraction of sp³-hybridized carbons (Fsp3) is 0.533. The molecule has 1 heterocycles. The molecule has 0 saturated carbocycles. The van der Waals surface area contributed by atoms with Gasteiger partial charge in [-0.1, -0.05) is 49.5 Å². The molecule has 110 valence electrons. The van der Waals surface area contributed by atoms with Crippen LogP contribution in [0.4, 0.5) is 0 Å². The zero-order chi connectivity index (χ0) is 14.7. The third-order valence-electron chi connectivity index (χ3n) is 3.91. The summed E-state index contributed by atoms with van der Waals surface area (Å²) in [6, 6.07) is 4.35. The van der Waals surface area contributed by atoms with Crippen LogP contribution in [-0.4, -0.2) is 16.5 Å². The van der Waals surface area contributed by atoms with Crippen LogP contribution in [0.5, 0.6) is 0 Å². The average Bonchev–Trinajstić information content (AvgIpc) is 2.77. The lowest BCUT2D eigenvalue weighted by Gasteiger charge is -2.27. The standard InChI is InChI=1S/C15H22BrN3O/c1-4-9(5-2)14(17-6-3)10-7-12-13(8-11(10)16)19-15(20)18-12/h7-9,14,17H,4-6H2,1-3H3,(H2,18,19,20). The van der Waals surface area contributed by atoms with Crippen molar-refractivity contribution < 1.29 is 0 Å². The second-order valence-corrected chi connectivity index (χ2v) is 5.96. The highest BCUT2D eigenvalue weighted by Crippen LogP contribution is 2.34. The van der Waals surface area contributed by atoms with Crippen molar-refractivity contribution in [3.8, 4) is 0 Å². The highest BCUT2D eigenvalue weighted by Gasteiger charge is 2.22. The molecule has 0 saturated heterocycles. The number of halogens is 1. The fourth-order valence-electron chi connectivity index (χ4n) is 2.82. The highest BCUT2D eigenvalue weighted by molar-refractivity contribution is 9.10. The van der Waals surface area contributed by atoms with E-state index in [0.29, 0.717) is 12.0 Å². The highest BCUT2D eigenvalue weighted by atomic mass is 79.9. The first-order chi connectivity index (χ1) is 9.60. The molecule has 4 nitrogen and oxygen atoms in total. The van der Waals surface area contributed by atoms with Crippen LogP contribution in [0.3, 0.4) is 0 Å². The topological polar surface area (TPSA) is 60.7 Å². The molecule has 0 amide bonds. The van der Waals surface area contributed by atoms with Gasteiger partial charge in [-0.25, -0.2) is 4.79 Å². The minimum Gasteiger partial charge on any atom is -0.310 e. The van der Waals surface area contributed by atoms with Gasteiger partial charge in [-0.15, -0.1) is 0 Å². The second-order valence-electron chi connectivity index (χ2n) is 5.11. The Hall–Kier alpha value is -1.07. The molecule has 0 fully saturated rings. The molecule has 0 aliphatic rings. The monoisotopic (exact) mass is 339 g/mol. The van der Waals surface area contributed by atoms with Crippen molar-refractivity contribution in [2.75, 3.05) is 6.54 Å². The third-order valence-corrected chi connectivity index (χ3v) is 4.60. The van der Waals surface area contributed by atoms with Crippen molar-refractivity contribution in [1.82, 2.24) is 15.3 Å². The van der Waals surface area contributed by atoms with E-state index >= 15 is 0 Å². The van der Waals surface area contributed by atoms with Crippen LogP contribution < -0.4 is 11.0 Å². The predicted molar refractivity (Wildman–Crippen MR) is 87.1 cm³/mol. The summed E-state index contributed by atoms with van der Waals surface area (Å²) in [4.78, 5) is 17.0. The third kappa shape index (κ3) is 2.99. The van der Waals surface area contributed by atoms with Crippen LogP contribution in [0.25, 0.3) is 11.0 Å². The van der Waals surface area contributed by atoms with Gasteiger partial charge in [-0.05, 0) is 30.2 Å². The van der Waals surface area contributed by atoms with E-state index in [1.165, 1.54) is 5.56 Å². The van der Waals surface area contributed by atoms with Crippen molar-refractivity contribution in [3.63, 3.8) is 0 Å². The maximum absolute atomic E-state index is 11.4. The second kappa shape index (κ2) is 6.59. The number of aromatic amines is 2. The van der Waals surface area contributed by atoms with E-state index in [1.54, 1.807) is 0 Å². The Bertz CT molecular complexity index is 628. The van der Waals surface area contributed by atoms with Gasteiger partial charge < -0.3 is 15.3 Å². The molecule has 3 N–H and O–H groups in total. The molecule has 1 unspecified atom stereocenters. The number of imidazole rings is 1. The van der Waals surface area contributed by atoms with Crippen LogP contribution in [0.2, 0.25) is 0 Å². The van der Waals surface area contributed by atoms with Gasteiger partial charge in [0.15, 0.2) is 0 Å². The fourth-order valence-corrected chi connectivity index (χ4v) is 3.41. The summed E-state index contributed by atoms with van der Waals surface area (Å²) < 4.78 is 1.04. The predicted octanol–water partition coefficient (Wildman–Crippen LogP) is 3.71. The molecule has 2 aromatic rings. The number of H-pyrrole nitrogens is 2. The minimum atomic E-state index is -0.161. The Morgan fingerprint density at radius 1 is 1.15 bits per heavy atom. The molecule has 1 aromatic carbocycles. The SMILES string of the molecule is CCNC(c1cc2[nH]c(=O)[nH]c2cc1Br)C(CC)CC. The first-order valence-electron chi connectivity index (χ1n) is 7.25. The van der Waals surface area contributed by atoms with Crippen molar-refractivity contribution in [2.24, 2.45) is 5.92 Å². The lowest BCUT2D eigenvalue weighted by atomic mass is 9.88. The molecule has 5 heteroatoms. The molecular weight excluding hydrogens is 318 g/mol. The van der Waals surface area contributed by atoms with Crippen LogP contribution >= 0.6 is 15.9 Å². The van der Waals surface area contributed by atoms with Gasteiger partial charge in [-0.3, -0.25) is 0 Å². The molecule has 2 rings (SSSR count). The smallest absolute Gasteiger partial charge is 0.310 e. The summed E-state index contributed by atoms with van der Waals surface area (Å²) in [5, 5.41) is 3.58. The van der Waals surface area contributed by atoms with Crippen LogP contribution in [0, 0.1) is 5.92 Å². The van der Waals surface area contributed by atoms with Gasteiger partial charge in [0.1, 0.15) is 0 Å². The molecule has 0 bridgehead atoms. The van der Waals surface area contributed by atoms with E-state index in [1.807, 2.05) is 6.07 Å². The van der Waals surface area contributed by atoms with Crippen molar-refractivity contribution >= 4 is 27.0 Å². The van der Waals surface area contributed by atoms with E-state index in [4.69, 9.17) is 0 Å². The Labute approximate surface area is 127 Å². The summed E-state index contributed by atoms with van der Waals surface area (Å²) in [6.45, 7) is 7.50. The summed E-state index contributed by atoms with van der Waals surface area (Å²) in [5.41, 5.74) is 2.75. The maximum atomic E-state index is 11.4. The lowest BCUT2D eigenvalue weighted by Crippen LogP contribution is -2.28. The summed E-state index contributed by atoms with van der Waals surface area (Å²) in [6.07, 6.45) is 2.25. The molecule has 0 radical (unpaired) electrons. The molecule has 1 aromatic heterocycles. The van der Waals surface area contributed by atoms with Crippen molar-refractivity contribution in [2.45, 2.75) is 39.7 Å². The molecule has 0 aliphatic carbocycles. The molecule has 0 aliphatic heterocycles. The molecular formula is C15H22BrN3O. The molecule has 0 spiro atoms. The first-order valence-corrected chi connectivity index (χ1v) is 8.04. The van der Waals surface area contributed by atoms with Gasteiger partial charge in [0.05, 0.1) is 11.0 Å². The summed E-state index contributed by atoms with van der Waals surface area (Å²) in [7, 11) is 0. The Morgan fingerprint density at radius 3 is 2.30 bits per heavy atom. The van der Waals surface area contributed by atoms with E-state index in [2.05, 4.69) is 58.1 Å². The zero-order valence-corrected chi connectivity index (χ0v) is 13.8. The normalized spacial score (nSPS) is 13.2. The number of nitrogens with one attached hydrogen (secondary N) is 3. The molecule has 1 atom stereocenters. The quantitative estimate of drug-likeness (QED) is 0.751. The number of benzene rings is 1. The van der Waals surface area contributed by atoms with E-state index in [-0.39, 0.29) is 5.69 Å². The van der Waals surface area contributed by atoms with Gasteiger partial charge in [0.2, 0.25) is 0 Å². The minimum absolute atomic E-state index is 0.161. The first kappa shape index (κ1) is 15.3. The van der Waals surface area contributed by atoms with Crippen molar-refractivity contribution in [3.05, 3.63) is 32.7 Å². The van der Waals surface area contributed by atoms with E-state index < -0.39 is 0 Å². The summed E-state index contributed by atoms with van der Waals surface area (Å²) >= 11 is 3.65. The number of rotatable bonds is 6. The van der Waals surface area contributed by atoms with Crippen molar-refractivity contribution in [1.29, 1.82) is 0 Å². The number of aromatic nitrogens is 2. The van der Waals surface area contributed by atoms with E-state index in [0.717, 1.165) is 34.9 Å². The average molecular weight is 340 g/mol. The molecule has 20 heavy (non-hydrogen) atoms. The van der Waals surface area contributed by atoms with Gasteiger partial charge >= 0.3 is 5.69 Å². The zero-order valence-electron chi connectivity index (χ0n) is 12.2.